The van der Waals surface area contributed by atoms with Crippen molar-refractivity contribution in [2.45, 2.75) is 51.4 Å². The van der Waals surface area contributed by atoms with Crippen LogP contribution in [0.3, 0.4) is 0 Å². The fourth-order valence-electron chi connectivity index (χ4n) is 2.67. The first kappa shape index (κ1) is 16.6. The van der Waals surface area contributed by atoms with Gasteiger partial charge in [0.15, 0.2) is 0 Å². The second-order valence-electron chi connectivity index (χ2n) is 6.42. The number of rotatable bonds is 1. The fraction of sp³-hybridized carbons (Fsp3) is 0.562. The molecule has 1 aliphatic rings. The number of likely N-dealkylation sites (tertiary alicyclic amines) is 1. The number of hydrogen-bond donors (Lipinski definition) is 0. The SMILES string of the molecule is CC(C)(C)OC(=O)N1CCC[C@@H]1c1ccccc1C(F)(F)F. The summed E-state index contributed by atoms with van der Waals surface area (Å²) < 4.78 is 44.8. The summed E-state index contributed by atoms with van der Waals surface area (Å²) in [6, 6.07) is 4.83. The van der Waals surface area contributed by atoms with Gasteiger partial charge in [0, 0.05) is 6.54 Å². The van der Waals surface area contributed by atoms with Gasteiger partial charge in [-0.3, -0.25) is 0 Å². The molecule has 1 saturated heterocycles. The molecule has 0 bridgehead atoms. The van der Waals surface area contributed by atoms with Crippen LogP contribution in [-0.4, -0.2) is 23.1 Å². The Morgan fingerprint density at radius 3 is 2.45 bits per heavy atom. The molecule has 6 heteroatoms. The van der Waals surface area contributed by atoms with E-state index in [4.69, 9.17) is 4.74 Å². The molecule has 0 spiro atoms. The van der Waals surface area contributed by atoms with Gasteiger partial charge in [0.1, 0.15) is 5.60 Å². The summed E-state index contributed by atoms with van der Waals surface area (Å²) >= 11 is 0. The Morgan fingerprint density at radius 2 is 1.86 bits per heavy atom. The average Bonchev–Trinajstić information content (AvgIpc) is 2.84. The van der Waals surface area contributed by atoms with Gasteiger partial charge in [-0.2, -0.15) is 13.2 Å². The predicted molar refractivity (Wildman–Crippen MR) is 76.4 cm³/mol. The highest BCUT2D eigenvalue weighted by Gasteiger charge is 2.39. The molecule has 1 aliphatic heterocycles. The van der Waals surface area contributed by atoms with E-state index in [-0.39, 0.29) is 5.56 Å². The van der Waals surface area contributed by atoms with Gasteiger partial charge in [-0.25, -0.2) is 4.79 Å². The summed E-state index contributed by atoms with van der Waals surface area (Å²) in [6.07, 6.45) is -3.83. The zero-order chi connectivity index (χ0) is 16.5. The largest absolute Gasteiger partial charge is 0.444 e. The maximum absolute atomic E-state index is 13.2. The van der Waals surface area contributed by atoms with Crippen LogP contribution in [0.4, 0.5) is 18.0 Å². The molecule has 0 aliphatic carbocycles. The molecule has 1 aromatic rings. The van der Waals surface area contributed by atoms with E-state index in [0.29, 0.717) is 19.4 Å². The van der Waals surface area contributed by atoms with Crippen molar-refractivity contribution in [3.05, 3.63) is 35.4 Å². The molecule has 0 aromatic heterocycles. The van der Waals surface area contributed by atoms with E-state index >= 15 is 0 Å². The van der Waals surface area contributed by atoms with E-state index in [1.54, 1.807) is 26.8 Å². The first-order valence-electron chi connectivity index (χ1n) is 7.25. The Kier molecular flexibility index (Phi) is 4.40. The topological polar surface area (TPSA) is 29.5 Å². The number of ether oxygens (including phenoxy) is 1. The van der Waals surface area contributed by atoms with Crippen LogP contribution < -0.4 is 0 Å². The molecule has 1 fully saturated rings. The van der Waals surface area contributed by atoms with E-state index in [1.165, 1.54) is 17.0 Å². The zero-order valence-electron chi connectivity index (χ0n) is 12.9. The molecule has 0 N–H and O–H groups in total. The predicted octanol–water partition coefficient (Wildman–Crippen LogP) is 4.78. The Bertz CT molecular complexity index is 549. The Morgan fingerprint density at radius 1 is 1.23 bits per heavy atom. The highest BCUT2D eigenvalue weighted by atomic mass is 19.4. The van der Waals surface area contributed by atoms with Crippen LogP contribution in [0.1, 0.15) is 50.8 Å². The molecule has 22 heavy (non-hydrogen) atoms. The number of halogens is 3. The van der Waals surface area contributed by atoms with E-state index in [9.17, 15) is 18.0 Å². The van der Waals surface area contributed by atoms with Crippen molar-refractivity contribution in [1.29, 1.82) is 0 Å². The third-order valence-electron chi connectivity index (χ3n) is 3.51. The van der Waals surface area contributed by atoms with Crippen LogP contribution in [0.2, 0.25) is 0 Å². The van der Waals surface area contributed by atoms with E-state index < -0.39 is 29.5 Å². The van der Waals surface area contributed by atoms with Crippen molar-refractivity contribution in [2.75, 3.05) is 6.54 Å². The van der Waals surface area contributed by atoms with Crippen molar-refractivity contribution in [3.63, 3.8) is 0 Å². The summed E-state index contributed by atoms with van der Waals surface area (Å²) in [4.78, 5) is 13.6. The van der Waals surface area contributed by atoms with Gasteiger partial charge in [0.05, 0.1) is 11.6 Å². The first-order chi connectivity index (χ1) is 10.1. The lowest BCUT2D eigenvalue weighted by Gasteiger charge is -2.30. The summed E-state index contributed by atoms with van der Waals surface area (Å²) in [5, 5.41) is 0. The number of benzene rings is 1. The number of nitrogens with zero attached hydrogens (tertiary/aromatic N) is 1. The number of alkyl halides is 3. The van der Waals surface area contributed by atoms with Gasteiger partial charge in [-0.1, -0.05) is 18.2 Å². The Labute approximate surface area is 128 Å². The third kappa shape index (κ3) is 3.72. The van der Waals surface area contributed by atoms with Crippen LogP contribution >= 0.6 is 0 Å². The Hall–Kier alpha value is -1.72. The van der Waals surface area contributed by atoms with Gasteiger partial charge in [-0.15, -0.1) is 0 Å². The summed E-state index contributed by atoms with van der Waals surface area (Å²) in [7, 11) is 0. The second kappa shape index (κ2) is 5.82. The molecule has 1 amide bonds. The number of amides is 1. The van der Waals surface area contributed by atoms with E-state index in [2.05, 4.69) is 0 Å². The van der Waals surface area contributed by atoms with Crippen molar-refractivity contribution < 1.29 is 22.7 Å². The third-order valence-corrected chi connectivity index (χ3v) is 3.51. The van der Waals surface area contributed by atoms with Gasteiger partial charge < -0.3 is 9.64 Å². The van der Waals surface area contributed by atoms with Crippen LogP contribution in [0, 0.1) is 0 Å². The standard InChI is InChI=1S/C16H20F3NO2/c1-15(2,3)22-14(21)20-10-6-9-13(20)11-7-4-5-8-12(11)16(17,18)19/h4-5,7-8,13H,6,9-10H2,1-3H3/t13-/m1/s1. The molecular formula is C16H20F3NO2. The van der Waals surface area contributed by atoms with Crippen molar-refractivity contribution in [3.8, 4) is 0 Å². The fourth-order valence-corrected chi connectivity index (χ4v) is 2.67. The van der Waals surface area contributed by atoms with E-state index in [1.807, 2.05) is 0 Å². The monoisotopic (exact) mass is 315 g/mol. The van der Waals surface area contributed by atoms with Crippen LogP contribution in [0.5, 0.6) is 0 Å². The molecule has 0 saturated carbocycles. The molecule has 3 nitrogen and oxygen atoms in total. The van der Waals surface area contributed by atoms with Crippen molar-refractivity contribution >= 4 is 6.09 Å². The quantitative estimate of drug-likeness (QED) is 0.746. The number of carbonyl (C=O) groups is 1. The molecule has 1 aromatic carbocycles. The van der Waals surface area contributed by atoms with Crippen LogP contribution in [0.25, 0.3) is 0 Å². The minimum absolute atomic E-state index is 0.137. The van der Waals surface area contributed by atoms with Crippen molar-refractivity contribution in [1.82, 2.24) is 4.90 Å². The van der Waals surface area contributed by atoms with Gasteiger partial charge >= 0.3 is 12.3 Å². The maximum Gasteiger partial charge on any atom is 0.416 e. The minimum Gasteiger partial charge on any atom is -0.444 e. The number of carbonyl (C=O) groups excluding carboxylic acids is 1. The lowest BCUT2D eigenvalue weighted by Crippen LogP contribution is -2.36. The van der Waals surface area contributed by atoms with Gasteiger partial charge in [0.25, 0.3) is 0 Å². The highest BCUT2D eigenvalue weighted by Crippen LogP contribution is 2.40. The molecule has 0 radical (unpaired) electrons. The van der Waals surface area contributed by atoms with Crippen LogP contribution in [-0.2, 0) is 10.9 Å². The first-order valence-corrected chi connectivity index (χ1v) is 7.25. The summed E-state index contributed by atoms with van der Waals surface area (Å²) in [5.41, 5.74) is -1.22. The van der Waals surface area contributed by atoms with Crippen LogP contribution in [0.15, 0.2) is 24.3 Å². The molecule has 1 heterocycles. The van der Waals surface area contributed by atoms with Crippen molar-refractivity contribution in [2.24, 2.45) is 0 Å². The maximum atomic E-state index is 13.2. The average molecular weight is 315 g/mol. The second-order valence-corrected chi connectivity index (χ2v) is 6.42. The van der Waals surface area contributed by atoms with Gasteiger partial charge in [0.2, 0.25) is 0 Å². The zero-order valence-corrected chi connectivity index (χ0v) is 12.9. The van der Waals surface area contributed by atoms with E-state index in [0.717, 1.165) is 6.07 Å². The minimum atomic E-state index is -4.43. The Balaban J connectivity index is 2.30. The highest BCUT2D eigenvalue weighted by molar-refractivity contribution is 5.69. The molecule has 0 unspecified atom stereocenters. The molecule has 122 valence electrons. The molecule has 1 atom stereocenters. The van der Waals surface area contributed by atoms with Gasteiger partial charge in [-0.05, 0) is 45.2 Å². The lowest BCUT2D eigenvalue weighted by atomic mass is 9.98. The summed E-state index contributed by atoms with van der Waals surface area (Å²) in [6.45, 7) is 5.62. The molecule has 2 rings (SSSR count). The number of hydrogen-bond acceptors (Lipinski definition) is 2. The lowest BCUT2D eigenvalue weighted by molar-refractivity contribution is -0.138. The smallest absolute Gasteiger partial charge is 0.416 e. The normalized spacial score (nSPS) is 19.4. The summed E-state index contributed by atoms with van der Waals surface area (Å²) in [5.74, 6) is 0. The molecular weight excluding hydrogens is 295 g/mol.